The summed E-state index contributed by atoms with van der Waals surface area (Å²) in [5.74, 6) is 1.82. The van der Waals surface area contributed by atoms with Crippen molar-refractivity contribution in [2.24, 2.45) is 11.8 Å². The van der Waals surface area contributed by atoms with Crippen molar-refractivity contribution < 1.29 is 0 Å². The van der Waals surface area contributed by atoms with E-state index in [0.717, 1.165) is 31.0 Å². The van der Waals surface area contributed by atoms with E-state index in [1.165, 1.54) is 25.7 Å². The third-order valence-corrected chi connectivity index (χ3v) is 4.08. The van der Waals surface area contributed by atoms with Gasteiger partial charge in [-0.3, -0.25) is 0 Å². The lowest BCUT2D eigenvalue weighted by Crippen LogP contribution is -2.35. The smallest absolute Gasteiger partial charge is 0.0946 e. The molecule has 1 aliphatic carbocycles. The molecule has 1 fully saturated rings. The molecule has 1 heterocycles. The van der Waals surface area contributed by atoms with Crippen LogP contribution in [0.2, 0.25) is 0 Å². The maximum atomic E-state index is 4.05. The highest BCUT2D eigenvalue weighted by Crippen LogP contribution is 2.29. The molecule has 0 amide bonds. The summed E-state index contributed by atoms with van der Waals surface area (Å²) < 4.78 is 2.13. The van der Waals surface area contributed by atoms with E-state index in [2.05, 4.69) is 28.7 Å². The lowest BCUT2D eigenvalue weighted by atomic mass is 9.80. The number of rotatable bonds is 5. The predicted octanol–water partition coefficient (Wildman–Crippen LogP) is 2.69. The Morgan fingerprint density at radius 3 is 2.65 bits per heavy atom. The number of hydrogen-bond donors (Lipinski definition) is 1. The Balaban J connectivity index is 1.62. The minimum atomic E-state index is 0.744. The van der Waals surface area contributed by atoms with Gasteiger partial charge < -0.3 is 9.88 Å². The van der Waals surface area contributed by atoms with Crippen LogP contribution in [0.3, 0.4) is 0 Å². The molecular weight excluding hydrogens is 210 g/mol. The normalized spacial score (nSPS) is 25.4. The summed E-state index contributed by atoms with van der Waals surface area (Å²) in [6, 6.07) is 0.744. The molecule has 1 aromatic rings. The van der Waals surface area contributed by atoms with E-state index in [-0.39, 0.29) is 0 Å². The van der Waals surface area contributed by atoms with Gasteiger partial charge in [-0.25, -0.2) is 4.98 Å². The molecule has 1 aliphatic rings. The van der Waals surface area contributed by atoms with Crippen LogP contribution in [-0.2, 0) is 6.54 Å². The van der Waals surface area contributed by atoms with Crippen molar-refractivity contribution in [1.82, 2.24) is 14.9 Å². The second-order valence-electron chi connectivity index (χ2n) is 5.61. The maximum absolute atomic E-state index is 4.05. The van der Waals surface area contributed by atoms with Crippen LogP contribution < -0.4 is 5.32 Å². The third-order valence-electron chi connectivity index (χ3n) is 4.08. The minimum Gasteiger partial charge on any atom is -0.336 e. The SMILES string of the molecule is CC(C)C1CCC(NCCn2ccnc2)CC1. The Bertz CT molecular complexity index is 297. The Hall–Kier alpha value is -0.830. The summed E-state index contributed by atoms with van der Waals surface area (Å²) in [6.45, 7) is 6.81. The van der Waals surface area contributed by atoms with E-state index in [1.807, 2.05) is 18.7 Å². The monoisotopic (exact) mass is 235 g/mol. The summed E-state index contributed by atoms with van der Waals surface area (Å²) in [5, 5.41) is 3.67. The van der Waals surface area contributed by atoms with Crippen molar-refractivity contribution in [3.8, 4) is 0 Å². The molecule has 0 bridgehead atoms. The van der Waals surface area contributed by atoms with Crippen LogP contribution in [0.5, 0.6) is 0 Å². The highest BCUT2D eigenvalue weighted by Gasteiger charge is 2.22. The van der Waals surface area contributed by atoms with Gasteiger partial charge in [0.2, 0.25) is 0 Å². The Labute approximate surface area is 105 Å². The fourth-order valence-corrected chi connectivity index (χ4v) is 2.81. The standard InChI is InChI=1S/C14H25N3/c1-12(2)13-3-5-14(6-4-13)16-8-10-17-9-7-15-11-17/h7,9,11-14,16H,3-6,8,10H2,1-2H3. The molecule has 1 saturated carbocycles. The zero-order valence-corrected chi connectivity index (χ0v) is 11.1. The molecular formula is C14H25N3. The highest BCUT2D eigenvalue weighted by atomic mass is 15.0. The summed E-state index contributed by atoms with van der Waals surface area (Å²) >= 11 is 0. The van der Waals surface area contributed by atoms with Gasteiger partial charge in [-0.2, -0.15) is 0 Å². The number of hydrogen-bond acceptors (Lipinski definition) is 2. The van der Waals surface area contributed by atoms with E-state index in [4.69, 9.17) is 0 Å². The quantitative estimate of drug-likeness (QED) is 0.850. The molecule has 3 heteroatoms. The van der Waals surface area contributed by atoms with E-state index < -0.39 is 0 Å². The number of nitrogens with one attached hydrogen (secondary N) is 1. The summed E-state index contributed by atoms with van der Waals surface area (Å²) in [7, 11) is 0. The van der Waals surface area contributed by atoms with Crippen LogP contribution in [0.15, 0.2) is 18.7 Å². The lowest BCUT2D eigenvalue weighted by molar-refractivity contribution is 0.238. The molecule has 2 rings (SSSR count). The van der Waals surface area contributed by atoms with Crippen LogP contribution in [0.25, 0.3) is 0 Å². The zero-order valence-electron chi connectivity index (χ0n) is 11.1. The number of imidazole rings is 1. The first kappa shape index (κ1) is 12.6. The molecule has 0 atom stereocenters. The largest absolute Gasteiger partial charge is 0.336 e. The molecule has 96 valence electrons. The second kappa shape index (κ2) is 6.20. The molecule has 1 N–H and O–H groups in total. The topological polar surface area (TPSA) is 29.9 Å². The Morgan fingerprint density at radius 2 is 2.06 bits per heavy atom. The van der Waals surface area contributed by atoms with Crippen LogP contribution in [0.1, 0.15) is 39.5 Å². The van der Waals surface area contributed by atoms with Gasteiger partial charge in [0.05, 0.1) is 6.33 Å². The molecule has 0 radical (unpaired) electrons. The van der Waals surface area contributed by atoms with Crippen molar-refractivity contribution in [2.75, 3.05) is 6.54 Å². The van der Waals surface area contributed by atoms with E-state index >= 15 is 0 Å². The molecule has 0 unspecified atom stereocenters. The Kier molecular flexibility index (Phi) is 4.60. The minimum absolute atomic E-state index is 0.744. The molecule has 0 aromatic carbocycles. The molecule has 0 aliphatic heterocycles. The fourth-order valence-electron chi connectivity index (χ4n) is 2.81. The molecule has 1 aromatic heterocycles. The van der Waals surface area contributed by atoms with Crippen molar-refractivity contribution in [3.05, 3.63) is 18.7 Å². The van der Waals surface area contributed by atoms with Gasteiger partial charge in [0.25, 0.3) is 0 Å². The Morgan fingerprint density at radius 1 is 1.29 bits per heavy atom. The first-order valence-corrected chi connectivity index (χ1v) is 6.95. The molecule has 3 nitrogen and oxygen atoms in total. The number of aromatic nitrogens is 2. The molecule has 17 heavy (non-hydrogen) atoms. The van der Waals surface area contributed by atoms with Crippen molar-refractivity contribution in [2.45, 2.75) is 52.1 Å². The van der Waals surface area contributed by atoms with Gasteiger partial charge >= 0.3 is 0 Å². The van der Waals surface area contributed by atoms with Crippen molar-refractivity contribution >= 4 is 0 Å². The first-order valence-electron chi connectivity index (χ1n) is 6.95. The van der Waals surface area contributed by atoms with Crippen molar-refractivity contribution in [3.63, 3.8) is 0 Å². The van der Waals surface area contributed by atoms with E-state index in [1.54, 1.807) is 0 Å². The summed E-state index contributed by atoms with van der Waals surface area (Å²) in [5.41, 5.74) is 0. The first-order chi connectivity index (χ1) is 8.25. The fraction of sp³-hybridized carbons (Fsp3) is 0.786. The summed E-state index contributed by atoms with van der Waals surface area (Å²) in [6.07, 6.45) is 11.3. The predicted molar refractivity (Wildman–Crippen MR) is 70.8 cm³/mol. The highest BCUT2D eigenvalue weighted by molar-refractivity contribution is 4.79. The van der Waals surface area contributed by atoms with Gasteiger partial charge in [-0.1, -0.05) is 13.8 Å². The average molecular weight is 235 g/mol. The van der Waals surface area contributed by atoms with Crippen LogP contribution in [0, 0.1) is 11.8 Å². The zero-order chi connectivity index (χ0) is 12.1. The lowest BCUT2D eigenvalue weighted by Gasteiger charge is -2.31. The van der Waals surface area contributed by atoms with E-state index in [0.29, 0.717) is 0 Å². The summed E-state index contributed by atoms with van der Waals surface area (Å²) in [4.78, 5) is 4.05. The van der Waals surface area contributed by atoms with Gasteiger partial charge in [-0.05, 0) is 37.5 Å². The molecule has 0 spiro atoms. The third kappa shape index (κ3) is 3.84. The van der Waals surface area contributed by atoms with Crippen molar-refractivity contribution in [1.29, 1.82) is 0 Å². The van der Waals surface area contributed by atoms with Gasteiger partial charge in [0.15, 0.2) is 0 Å². The van der Waals surface area contributed by atoms with Crippen LogP contribution in [-0.4, -0.2) is 22.1 Å². The van der Waals surface area contributed by atoms with Gasteiger partial charge in [0, 0.05) is 31.5 Å². The van der Waals surface area contributed by atoms with Gasteiger partial charge in [0.1, 0.15) is 0 Å². The second-order valence-corrected chi connectivity index (χ2v) is 5.61. The number of nitrogens with zero attached hydrogens (tertiary/aromatic N) is 2. The maximum Gasteiger partial charge on any atom is 0.0946 e. The van der Waals surface area contributed by atoms with Crippen LogP contribution >= 0.6 is 0 Å². The van der Waals surface area contributed by atoms with Crippen LogP contribution in [0.4, 0.5) is 0 Å². The average Bonchev–Trinajstić information content (AvgIpc) is 2.83. The van der Waals surface area contributed by atoms with E-state index in [9.17, 15) is 0 Å². The van der Waals surface area contributed by atoms with Gasteiger partial charge in [-0.15, -0.1) is 0 Å². The molecule has 0 saturated heterocycles.